The number of rotatable bonds is 36. The summed E-state index contributed by atoms with van der Waals surface area (Å²) in [6.07, 6.45) is 51.6. The maximum Gasteiger partial charge on any atom is 0.306 e. The minimum absolute atomic E-state index is 0.00995. The highest BCUT2D eigenvalue weighted by Gasteiger charge is 2.38. The molecule has 292 valence electrons. The van der Waals surface area contributed by atoms with E-state index in [0.29, 0.717) is 6.42 Å². The zero-order chi connectivity index (χ0) is 37.0. The summed E-state index contributed by atoms with van der Waals surface area (Å²) < 4.78 is 6.22. The van der Waals surface area contributed by atoms with Gasteiger partial charge in [-0.1, -0.05) is 167 Å². The Labute approximate surface area is 314 Å². The summed E-state index contributed by atoms with van der Waals surface area (Å²) in [5, 5.41) is 3.31. The Balaban J connectivity index is 4.39. The molecule has 0 heterocycles. The lowest BCUT2D eigenvalue weighted by Gasteiger charge is -2.41. The molecular weight excluding hydrogens is 611 g/mol. The van der Waals surface area contributed by atoms with E-state index in [0.717, 1.165) is 32.2 Å². The lowest BCUT2D eigenvalue weighted by atomic mass is 9.66. The van der Waals surface area contributed by atoms with Crippen LogP contribution in [0.25, 0.3) is 0 Å². The SMILES string of the molecule is CCCCC/C=C\C/C=C\CCCCCCCCC(CCCCCCCC/C=C\C/C=C\CCCCC)OC(=O)CC(C)(C)C(C)(C)CNC. The molecule has 0 saturated carbocycles. The predicted molar refractivity (Wildman–Crippen MR) is 224 cm³/mol. The molecule has 50 heavy (non-hydrogen) atoms. The summed E-state index contributed by atoms with van der Waals surface area (Å²) in [5.41, 5.74) is -0.115. The van der Waals surface area contributed by atoms with E-state index < -0.39 is 0 Å². The van der Waals surface area contributed by atoms with Crippen molar-refractivity contribution in [3.8, 4) is 0 Å². The van der Waals surface area contributed by atoms with Gasteiger partial charge in [-0.05, 0) is 108 Å². The summed E-state index contributed by atoms with van der Waals surface area (Å²) in [6, 6.07) is 0. The molecule has 0 aromatic carbocycles. The Hall–Kier alpha value is -1.61. The van der Waals surface area contributed by atoms with Gasteiger partial charge in [-0.15, -0.1) is 0 Å². The Morgan fingerprint density at radius 1 is 0.520 bits per heavy atom. The molecule has 0 fully saturated rings. The lowest BCUT2D eigenvalue weighted by Crippen LogP contribution is -2.42. The molecule has 0 aromatic rings. The molecule has 0 bridgehead atoms. The third-order valence-electron chi connectivity index (χ3n) is 10.8. The normalized spacial score (nSPS) is 13.0. The van der Waals surface area contributed by atoms with Gasteiger partial charge in [0.05, 0.1) is 6.42 Å². The van der Waals surface area contributed by atoms with E-state index in [2.05, 4.69) is 95.5 Å². The van der Waals surface area contributed by atoms with E-state index in [1.165, 1.54) is 141 Å². The van der Waals surface area contributed by atoms with E-state index in [-0.39, 0.29) is 22.9 Å². The second kappa shape index (κ2) is 34.5. The van der Waals surface area contributed by atoms with Crippen molar-refractivity contribution in [3.05, 3.63) is 48.6 Å². The number of unbranched alkanes of at least 4 members (excludes halogenated alkanes) is 18. The monoisotopic (exact) mass is 698 g/mol. The summed E-state index contributed by atoms with van der Waals surface area (Å²) in [6.45, 7) is 14.3. The van der Waals surface area contributed by atoms with Gasteiger partial charge in [0.2, 0.25) is 0 Å². The highest BCUT2D eigenvalue weighted by atomic mass is 16.5. The van der Waals surface area contributed by atoms with Gasteiger partial charge in [0.15, 0.2) is 0 Å². The van der Waals surface area contributed by atoms with Gasteiger partial charge in [0, 0.05) is 6.54 Å². The summed E-state index contributed by atoms with van der Waals surface area (Å²) in [7, 11) is 1.99. The predicted octanol–water partition coefficient (Wildman–Crippen LogP) is 15.0. The number of esters is 1. The third-order valence-corrected chi connectivity index (χ3v) is 10.8. The van der Waals surface area contributed by atoms with Crippen LogP contribution in [0.5, 0.6) is 0 Å². The van der Waals surface area contributed by atoms with Crippen LogP contribution in [0.3, 0.4) is 0 Å². The van der Waals surface area contributed by atoms with Crippen molar-refractivity contribution >= 4 is 5.97 Å². The highest BCUT2D eigenvalue weighted by molar-refractivity contribution is 5.70. The van der Waals surface area contributed by atoms with Crippen molar-refractivity contribution in [2.24, 2.45) is 10.8 Å². The first-order valence-electron chi connectivity index (χ1n) is 21.6. The summed E-state index contributed by atoms with van der Waals surface area (Å²) >= 11 is 0. The number of hydrogen-bond acceptors (Lipinski definition) is 3. The molecule has 0 atom stereocenters. The molecule has 0 rings (SSSR count). The fraction of sp³-hybridized carbons (Fsp3) is 0.809. The van der Waals surface area contributed by atoms with Crippen LogP contribution in [0.2, 0.25) is 0 Å². The Morgan fingerprint density at radius 3 is 1.26 bits per heavy atom. The van der Waals surface area contributed by atoms with E-state index in [4.69, 9.17) is 4.74 Å². The van der Waals surface area contributed by atoms with Gasteiger partial charge >= 0.3 is 5.97 Å². The third kappa shape index (κ3) is 30.1. The van der Waals surface area contributed by atoms with Crippen LogP contribution in [-0.2, 0) is 9.53 Å². The molecule has 1 N–H and O–H groups in total. The van der Waals surface area contributed by atoms with Crippen molar-refractivity contribution in [2.45, 2.75) is 221 Å². The van der Waals surface area contributed by atoms with Crippen LogP contribution in [0, 0.1) is 10.8 Å². The molecule has 3 heteroatoms. The number of allylic oxidation sites excluding steroid dienone is 8. The fourth-order valence-electron chi connectivity index (χ4n) is 6.49. The quantitative estimate of drug-likeness (QED) is 0.0402. The number of carbonyl (C=O) groups excluding carboxylic acids is 1. The topological polar surface area (TPSA) is 38.3 Å². The van der Waals surface area contributed by atoms with Crippen LogP contribution >= 0.6 is 0 Å². The molecule has 0 aliphatic rings. The first kappa shape index (κ1) is 48.4. The van der Waals surface area contributed by atoms with E-state index in [9.17, 15) is 4.79 Å². The van der Waals surface area contributed by atoms with Crippen LogP contribution in [0.1, 0.15) is 215 Å². The van der Waals surface area contributed by atoms with Crippen LogP contribution in [0.4, 0.5) is 0 Å². The smallest absolute Gasteiger partial charge is 0.306 e. The Morgan fingerprint density at radius 2 is 0.880 bits per heavy atom. The van der Waals surface area contributed by atoms with Gasteiger partial charge in [-0.25, -0.2) is 0 Å². The molecule has 0 aromatic heterocycles. The van der Waals surface area contributed by atoms with Crippen LogP contribution in [-0.4, -0.2) is 25.7 Å². The Kier molecular flexibility index (Phi) is 33.4. The zero-order valence-corrected chi connectivity index (χ0v) is 34.8. The van der Waals surface area contributed by atoms with E-state index >= 15 is 0 Å². The number of ether oxygens (including phenoxy) is 1. The molecule has 3 nitrogen and oxygen atoms in total. The first-order valence-corrected chi connectivity index (χ1v) is 21.6. The summed E-state index contributed by atoms with van der Waals surface area (Å²) in [4.78, 5) is 13.2. The van der Waals surface area contributed by atoms with E-state index in [1.807, 2.05) is 7.05 Å². The summed E-state index contributed by atoms with van der Waals surface area (Å²) in [5.74, 6) is -0.00995. The van der Waals surface area contributed by atoms with Crippen LogP contribution < -0.4 is 5.32 Å². The van der Waals surface area contributed by atoms with Crippen molar-refractivity contribution < 1.29 is 9.53 Å². The number of nitrogens with one attached hydrogen (secondary N) is 1. The molecule has 0 aliphatic carbocycles. The van der Waals surface area contributed by atoms with Gasteiger partial charge in [0.1, 0.15) is 6.10 Å². The molecular formula is C47H87NO2. The van der Waals surface area contributed by atoms with Crippen molar-refractivity contribution in [1.29, 1.82) is 0 Å². The molecule has 0 radical (unpaired) electrons. The Bertz CT molecular complexity index is 816. The minimum atomic E-state index is -0.127. The average molecular weight is 698 g/mol. The van der Waals surface area contributed by atoms with Crippen molar-refractivity contribution in [3.63, 3.8) is 0 Å². The number of carbonyl (C=O) groups is 1. The van der Waals surface area contributed by atoms with Crippen molar-refractivity contribution in [2.75, 3.05) is 13.6 Å². The zero-order valence-electron chi connectivity index (χ0n) is 34.8. The van der Waals surface area contributed by atoms with E-state index in [1.54, 1.807) is 0 Å². The second-order valence-electron chi connectivity index (χ2n) is 16.3. The van der Waals surface area contributed by atoms with Gasteiger partial charge in [0.25, 0.3) is 0 Å². The molecule has 0 aliphatic heterocycles. The average Bonchev–Trinajstić information content (AvgIpc) is 3.07. The molecule has 0 unspecified atom stereocenters. The van der Waals surface area contributed by atoms with Crippen LogP contribution in [0.15, 0.2) is 48.6 Å². The highest BCUT2D eigenvalue weighted by Crippen LogP contribution is 2.41. The fourth-order valence-corrected chi connectivity index (χ4v) is 6.49. The minimum Gasteiger partial charge on any atom is -0.462 e. The van der Waals surface area contributed by atoms with Crippen molar-refractivity contribution in [1.82, 2.24) is 5.32 Å². The lowest BCUT2D eigenvalue weighted by molar-refractivity contribution is -0.154. The maximum atomic E-state index is 13.2. The van der Waals surface area contributed by atoms with Gasteiger partial charge < -0.3 is 10.1 Å². The largest absolute Gasteiger partial charge is 0.462 e. The van der Waals surface area contributed by atoms with Gasteiger partial charge in [-0.3, -0.25) is 4.79 Å². The first-order chi connectivity index (χ1) is 24.2. The van der Waals surface area contributed by atoms with Gasteiger partial charge in [-0.2, -0.15) is 0 Å². The second-order valence-corrected chi connectivity index (χ2v) is 16.3. The standard InChI is InChI=1S/C47H87NO2/c1-8-10-12-14-16-18-20-22-24-26-28-30-32-34-36-38-40-44(50-45(49)42-46(3,4)47(5,6)43-48-7)41-39-37-35-33-31-29-27-25-23-21-19-17-15-13-11-9-2/h16-19,22-25,44,48H,8-15,20-21,26-43H2,1-7H3/b18-16-,19-17-,24-22-,25-23-. The molecule has 0 amide bonds. The number of hydrogen-bond donors (Lipinski definition) is 1. The molecule has 0 saturated heterocycles. The maximum absolute atomic E-state index is 13.2. The molecule has 0 spiro atoms.